The van der Waals surface area contributed by atoms with Gasteiger partial charge in [-0.05, 0) is 37.1 Å². The van der Waals surface area contributed by atoms with Crippen LogP contribution in [0.4, 0.5) is 5.82 Å². The highest BCUT2D eigenvalue weighted by atomic mass is 32.2. The third kappa shape index (κ3) is 3.76. The number of nitrogens with one attached hydrogen (secondary N) is 1. The number of nitrogens with zero attached hydrogens (tertiary/aromatic N) is 3. The van der Waals surface area contributed by atoms with Gasteiger partial charge in [-0.15, -0.1) is 0 Å². The molecule has 1 aliphatic rings. The summed E-state index contributed by atoms with van der Waals surface area (Å²) in [4.78, 5) is 32.8. The Labute approximate surface area is 183 Å². The van der Waals surface area contributed by atoms with Gasteiger partial charge < -0.3 is 5.32 Å². The lowest BCUT2D eigenvalue weighted by Gasteiger charge is -2.14. The molecule has 1 saturated heterocycles. The molecule has 1 fully saturated rings. The van der Waals surface area contributed by atoms with Crippen molar-refractivity contribution in [3.8, 4) is 0 Å². The fourth-order valence-corrected chi connectivity index (χ4v) is 4.51. The lowest BCUT2D eigenvalue weighted by Crippen LogP contribution is -2.27. The predicted octanol–water partition coefficient (Wildman–Crippen LogP) is 3.84. The van der Waals surface area contributed by atoms with Gasteiger partial charge in [0.1, 0.15) is 15.8 Å². The summed E-state index contributed by atoms with van der Waals surface area (Å²) in [7, 11) is 0. The number of carbonyl (C=O) groups excluding carboxylic acids is 1. The van der Waals surface area contributed by atoms with E-state index in [2.05, 4.69) is 10.3 Å². The van der Waals surface area contributed by atoms with Crippen molar-refractivity contribution in [3.05, 3.63) is 80.6 Å². The molecule has 8 heteroatoms. The minimum Gasteiger partial charge on any atom is -0.370 e. The van der Waals surface area contributed by atoms with Crippen LogP contribution in [0, 0.1) is 6.92 Å². The fourth-order valence-electron chi connectivity index (χ4n) is 3.28. The van der Waals surface area contributed by atoms with Gasteiger partial charge in [-0.1, -0.05) is 60.4 Å². The number of amides is 1. The third-order valence-corrected chi connectivity index (χ3v) is 6.14. The van der Waals surface area contributed by atoms with Crippen LogP contribution in [0.15, 0.2) is 58.4 Å². The Bertz CT molecular complexity index is 1240. The first-order valence-corrected chi connectivity index (χ1v) is 10.8. The topological polar surface area (TPSA) is 66.7 Å². The predicted molar refractivity (Wildman–Crippen MR) is 126 cm³/mol. The highest BCUT2D eigenvalue weighted by Crippen LogP contribution is 2.34. The van der Waals surface area contributed by atoms with Crippen molar-refractivity contribution < 1.29 is 4.79 Å². The van der Waals surface area contributed by atoms with Gasteiger partial charge in [0.15, 0.2) is 0 Å². The summed E-state index contributed by atoms with van der Waals surface area (Å²) in [6, 6.07) is 13.4. The molecule has 1 aliphatic heterocycles. The number of fused-ring (bicyclic) bond motifs is 1. The van der Waals surface area contributed by atoms with Gasteiger partial charge in [0.25, 0.3) is 11.5 Å². The van der Waals surface area contributed by atoms with E-state index in [-0.39, 0.29) is 11.5 Å². The van der Waals surface area contributed by atoms with E-state index < -0.39 is 0 Å². The molecule has 2 aromatic heterocycles. The van der Waals surface area contributed by atoms with E-state index in [1.54, 1.807) is 23.2 Å². The average Bonchev–Trinajstić information content (AvgIpc) is 3.00. The van der Waals surface area contributed by atoms with Crippen molar-refractivity contribution in [2.75, 3.05) is 11.9 Å². The number of aryl methyl sites for hydroxylation is 1. The Hall–Kier alpha value is -2.97. The zero-order chi connectivity index (χ0) is 21.3. The van der Waals surface area contributed by atoms with Crippen LogP contribution in [0.3, 0.4) is 0 Å². The molecule has 0 saturated carbocycles. The monoisotopic (exact) mass is 436 g/mol. The Morgan fingerprint density at radius 2 is 1.93 bits per heavy atom. The third-order valence-electron chi connectivity index (χ3n) is 4.76. The van der Waals surface area contributed by atoms with Crippen LogP contribution in [-0.4, -0.2) is 31.1 Å². The number of pyridine rings is 1. The number of hydrogen-bond acceptors (Lipinski definition) is 6. The number of benzene rings is 1. The van der Waals surface area contributed by atoms with E-state index in [9.17, 15) is 9.59 Å². The summed E-state index contributed by atoms with van der Waals surface area (Å²) < 4.78 is 1.98. The number of thiocarbonyl (C=S) groups is 1. The summed E-state index contributed by atoms with van der Waals surface area (Å²) in [6.07, 6.45) is 3.29. The minimum absolute atomic E-state index is 0.204. The van der Waals surface area contributed by atoms with Gasteiger partial charge in [-0.25, -0.2) is 4.98 Å². The van der Waals surface area contributed by atoms with Gasteiger partial charge in [0, 0.05) is 12.7 Å². The number of thioether (sulfide) groups is 1. The zero-order valence-electron chi connectivity index (χ0n) is 16.6. The molecule has 3 heterocycles. The Kier molecular flexibility index (Phi) is 5.69. The fraction of sp³-hybridized carbons (Fsp3) is 0.182. The van der Waals surface area contributed by atoms with Crippen LogP contribution < -0.4 is 10.9 Å². The number of carbonyl (C=O) groups is 1. The average molecular weight is 437 g/mol. The van der Waals surface area contributed by atoms with E-state index >= 15 is 0 Å². The molecule has 3 aromatic rings. The summed E-state index contributed by atoms with van der Waals surface area (Å²) in [6.45, 7) is 4.84. The number of aromatic nitrogens is 2. The smallest absolute Gasteiger partial charge is 0.267 e. The zero-order valence-corrected chi connectivity index (χ0v) is 18.2. The van der Waals surface area contributed by atoms with Crippen LogP contribution in [0.25, 0.3) is 11.7 Å². The van der Waals surface area contributed by atoms with Crippen molar-refractivity contribution in [1.29, 1.82) is 0 Å². The van der Waals surface area contributed by atoms with Gasteiger partial charge in [0.2, 0.25) is 0 Å². The lowest BCUT2D eigenvalue weighted by atomic mass is 10.2. The largest absolute Gasteiger partial charge is 0.370 e. The van der Waals surface area contributed by atoms with Crippen LogP contribution >= 0.6 is 24.0 Å². The summed E-state index contributed by atoms with van der Waals surface area (Å²) in [5.41, 5.74) is 2.60. The first kappa shape index (κ1) is 20.3. The Morgan fingerprint density at radius 3 is 2.67 bits per heavy atom. The van der Waals surface area contributed by atoms with Crippen molar-refractivity contribution in [3.63, 3.8) is 0 Å². The SMILES string of the molecule is CCNc1nc2c(C)cccn2c(=O)c1C=C1SC(=S)N(Cc2ccccc2)C1=O. The van der Waals surface area contributed by atoms with Crippen LogP contribution in [0.5, 0.6) is 0 Å². The van der Waals surface area contributed by atoms with E-state index in [1.165, 1.54) is 16.2 Å². The van der Waals surface area contributed by atoms with Crippen LogP contribution in [0.1, 0.15) is 23.6 Å². The maximum atomic E-state index is 13.2. The normalized spacial score (nSPS) is 15.4. The number of rotatable bonds is 5. The standard InChI is InChI=1S/C22H20N4O2S2/c1-3-23-18-16(20(27)25-11-7-8-14(2)19(25)24-18)12-17-21(28)26(22(29)30-17)13-15-9-5-4-6-10-15/h4-12,23H,3,13H2,1-2H3. The van der Waals surface area contributed by atoms with Crippen molar-refractivity contribution in [2.45, 2.75) is 20.4 Å². The number of anilines is 1. The molecule has 1 amide bonds. The summed E-state index contributed by atoms with van der Waals surface area (Å²) in [5, 5.41) is 3.15. The Morgan fingerprint density at radius 1 is 1.17 bits per heavy atom. The summed E-state index contributed by atoms with van der Waals surface area (Å²) in [5.74, 6) is 0.259. The second-order valence-corrected chi connectivity index (χ2v) is 8.52. The molecular formula is C22H20N4O2S2. The van der Waals surface area contributed by atoms with Crippen LogP contribution in [0.2, 0.25) is 0 Å². The molecule has 0 bridgehead atoms. The van der Waals surface area contributed by atoms with Crippen molar-refractivity contribution in [1.82, 2.24) is 14.3 Å². The molecule has 6 nitrogen and oxygen atoms in total. The van der Waals surface area contributed by atoms with Gasteiger partial charge in [-0.2, -0.15) is 0 Å². The van der Waals surface area contributed by atoms with Crippen LogP contribution in [-0.2, 0) is 11.3 Å². The molecule has 0 unspecified atom stereocenters. The molecule has 30 heavy (non-hydrogen) atoms. The van der Waals surface area contributed by atoms with E-state index in [4.69, 9.17) is 12.2 Å². The first-order chi connectivity index (χ1) is 14.5. The molecule has 0 atom stereocenters. The maximum Gasteiger partial charge on any atom is 0.267 e. The molecular weight excluding hydrogens is 416 g/mol. The summed E-state index contributed by atoms with van der Waals surface area (Å²) >= 11 is 6.64. The highest BCUT2D eigenvalue weighted by molar-refractivity contribution is 8.26. The molecule has 1 N–H and O–H groups in total. The van der Waals surface area contributed by atoms with Gasteiger partial charge >= 0.3 is 0 Å². The van der Waals surface area contributed by atoms with Gasteiger partial charge in [-0.3, -0.25) is 18.9 Å². The lowest BCUT2D eigenvalue weighted by molar-refractivity contribution is -0.122. The first-order valence-electron chi connectivity index (χ1n) is 9.54. The molecule has 0 aliphatic carbocycles. The highest BCUT2D eigenvalue weighted by Gasteiger charge is 2.32. The second-order valence-electron chi connectivity index (χ2n) is 6.85. The Balaban J connectivity index is 1.76. The minimum atomic E-state index is -0.229. The number of hydrogen-bond donors (Lipinski definition) is 1. The second kappa shape index (κ2) is 8.41. The van der Waals surface area contributed by atoms with E-state index in [0.29, 0.717) is 39.3 Å². The van der Waals surface area contributed by atoms with Gasteiger partial charge in [0.05, 0.1) is 17.0 Å². The maximum absolute atomic E-state index is 13.2. The van der Waals surface area contributed by atoms with E-state index in [1.807, 2.05) is 50.2 Å². The molecule has 152 valence electrons. The molecule has 4 rings (SSSR count). The van der Waals surface area contributed by atoms with Crippen molar-refractivity contribution in [2.24, 2.45) is 0 Å². The van der Waals surface area contributed by atoms with Crippen molar-refractivity contribution >= 4 is 51.7 Å². The molecule has 1 aromatic carbocycles. The molecule has 0 spiro atoms. The molecule has 0 radical (unpaired) electrons. The van der Waals surface area contributed by atoms with E-state index in [0.717, 1.165) is 11.1 Å². The quantitative estimate of drug-likeness (QED) is 0.484.